The number of rotatable bonds is 3. The molecule has 0 spiro atoms. The maximum absolute atomic E-state index is 12.6. The van der Waals surface area contributed by atoms with Crippen LogP contribution >= 0.6 is 0 Å². The minimum absolute atomic E-state index is 0.132. The quantitative estimate of drug-likeness (QED) is 0.762. The van der Waals surface area contributed by atoms with Crippen molar-refractivity contribution in [1.82, 2.24) is 10.3 Å². The third-order valence-corrected chi connectivity index (χ3v) is 4.73. The lowest BCUT2D eigenvalue weighted by Gasteiger charge is -2.18. The highest BCUT2D eigenvalue weighted by Gasteiger charge is 2.17. The highest BCUT2D eigenvalue weighted by Crippen LogP contribution is 2.22. The fraction of sp³-hybridized carbons (Fsp3) is 0.238. The molecule has 3 rings (SSSR count). The van der Waals surface area contributed by atoms with E-state index < -0.39 is 0 Å². The van der Waals surface area contributed by atoms with E-state index in [9.17, 15) is 9.59 Å². The largest absolute Gasteiger partial charge is 0.360 e. The fourth-order valence-corrected chi connectivity index (χ4v) is 3.14. The number of aromatic nitrogens is 1. The Morgan fingerprint density at radius 1 is 1.04 bits per heavy atom. The number of amides is 1. The third kappa shape index (κ3) is 3.20. The summed E-state index contributed by atoms with van der Waals surface area (Å²) in [5.74, 6) is -0.364. The standard InChI is InChI=1S/C21H22N2O2/c1-12-9-14(3)17(10-13(12)2)15(4)23-21(25)18-11-22-19-8-6-5-7-16(19)20(18)24/h5-11,15H,1-4H3,(H,22,24)(H,23,25)/t15-/m0/s1. The Morgan fingerprint density at radius 2 is 1.72 bits per heavy atom. The lowest BCUT2D eigenvalue weighted by Crippen LogP contribution is -2.31. The number of hydrogen-bond acceptors (Lipinski definition) is 2. The van der Waals surface area contributed by atoms with Crippen molar-refractivity contribution in [2.24, 2.45) is 0 Å². The summed E-state index contributed by atoms with van der Waals surface area (Å²) < 4.78 is 0. The second-order valence-corrected chi connectivity index (χ2v) is 6.57. The van der Waals surface area contributed by atoms with Crippen molar-refractivity contribution in [3.8, 4) is 0 Å². The topological polar surface area (TPSA) is 62.0 Å². The van der Waals surface area contributed by atoms with E-state index in [0.717, 1.165) is 16.6 Å². The molecule has 0 saturated heterocycles. The Hall–Kier alpha value is -2.88. The number of para-hydroxylation sites is 1. The molecule has 2 N–H and O–H groups in total. The number of nitrogens with one attached hydrogen (secondary N) is 2. The summed E-state index contributed by atoms with van der Waals surface area (Å²) in [6, 6.07) is 11.2. The van der Waals surface area contributed by atoms with Gasteiger partial charge in [0.1, 0.15) is 5.56 Å². The molecule has 25 heavy (non-hydrogen) atoms. The van der Waals surface area contributed by atoms with E-state index in [2.05, 4.69) is 36.3 Å². The molecule has 0 unspecified atom stereocenters. The molecule has 0 bridgehead atoms. The van der Waals surface area contributed by atoms with Gasteiger partial charge in [0.25, 0.3) is 5.91 Å². The molecule has 1 atom stereocenters. The molecule has 4 nitrogen and oxygen atoms in total. The molecule has 0 fully saturated rings. The van der Waals surface area contributed by atoms with Crippen molar-refractivity contribution in [3.63, 3.8) is 0 Å². The summed E-state index contributed by atoms with van der Waals surface area (Å²) in [7, 11) is 0. The van der Waals surface area contributed by atoms with Crippen LogP contribution in [-0.4, -0.2) is 10.9 Å². The zero-order valence-electron chi connectivity index (χ0n) is 14.9. The molecule has 4 heteroatoms. The number of fused-ring (bicyclic) bond motifs is 1. The Kier molecular flexibility index (Phi) is 4.45. The molecular weight excluding hydrogens is 312 g/mol. The molecular formula is C21H22N2O2. The first-order valence-electron chi connectivity index (χ1n) is 8.37. The van der Waals surface area contributed by atoms with Crippen LogP contribution in [0.4, 0.5) is 0 Å². The highest BCUT2D eigenvalue weighted by molar-refractivity contribution is 5.97. The second kappa shape index (κ2) is 6.55. The predicted molar refractivity (Wildman–Crippen MR) is 101 cm³/mol. The van der Waals surface area contributed by atoms with Crippen LogP contribution in [0.1, 0.15) is 45.6 Å². The van der Waals surface area contributed by atoms with Gasteiger partial charge in [-0.1, -0.05) is 24.3 Å². The third-order valence-electron chi connectivity index (χ3n) is 4.73. The summed E-state index contributed by atoms with van der Waals surface area (Å²) in [6.45, 7) is 8.10. The lowest BCUT2D eigenvalue weighted by molar-refractivity contribution is 0.0938. The van der Waals surface area contributed by atoms with Crippen LogP contribution in [0.2, 0.25) is 0 Å². The summed E-state index contributed by atoms with van der Waals surface area (Å²) in [6.07, 6.45) is 1.49. The van der Waals surface area contributed by atoms with Crippen molar-refractivity contribution >= 4 is 16.8 Å². The molecule has 2 aromatic carbocycles. The molecule has 3 aromatic rings. The van der Waals surface area contributed by atoms with Crippen LogP contribution in [-0.2, 0) is 0 Å². The Labute approximate surface area is 146 Å². The molecule has 1 amide bonds. The smallest absolute Gasteiger partial charge is 0.257 e. The van der Waals surface area contributed by atoms with Gasteiger partial charge in [-0.05, 0) is 62.1 Å². The number of carbonyl (C=O) groups excluding carboxylic acids is 1. The average molecular weight is 334 g/mol. The zero-order chi connectivity index (χ0) is 18.1. The van der Waals surface area contributed by atoms with Gasteiger partial charge < -0.3 is 10.3 Å². The number of aryl methyl sites for hydroxylation is 3. The van der Waals surface area contributed by atoms with Crippen molar-refractivity contribution < 1.29 is 4.79 Å². The number of carbonyl (C=O) groups is 1. The maximum atomic E-state index is 12.6. The first-order valence-corrected chi connectivity index (χ1v) is 8.37. The molecule has 1 aromatic heterocycles. The van der Waals surface area contributed by atoms with Crippen LogP contribution in [0.15, 0.2) is 47.4 Å². The first-order chi connectivity index (χ1) is 11.9. The second-order valence-electron chi connectivity index (χ2n) is 6.57. The van der Waals surface area contributed by atoms with Gasteiger partial charge in [0.05, 0.1) is 6.04 Å². The van der Waals surface area contributed by atoms with Crippen LogP contribution in [0, 0.1) is 20.8 Å². The first kappa shape index (κ1) is 17.0. The van der Waals surface area contributed by atoms with Crippen molar-refractivity contribution in [3.05, 3.63) is 80.6 Å². The van der Waals surface area contributed by atoms with Gasteiger partial charge >= 0.3 is 0 Å². The van der Waals surface area contributed by atoms with E-state index in [4.69, 9.17) is 0 Å². The molecule has 0 aliphatic carbocycles. The Bertz CT molecular complexity index is 1020. The fourth-order valence-electron chi connectivity index (χ4n) is 3.14. The number of aromatic amines is 1. The normalized spacial score (nSPS) is 12.2. The van der Waals surface area contributed by atoms with E-state index in [-0.39, 0.29) is 22.9 Å². The lowest BCUT2D eigenvalue weighted by atomic mass is 9.96. The molecule has 0 aliphatic heterocycles. The van der Waals surface area contributed by atoms with Gasteiger partial charge in [0.2, 0.25) is 5.43 Å². The van der Waals surface area contributed by atoms with Crippen LogP contribution < -0.4 is 10.7 Å². The average Bonchev–Trinajstić information content (AvgIpc) is 2.58. The highest BCUT2D eigenvalue weighted by atomic mass is 16.2. The van der Waals surface area contributed by atoms with Crippen LogP contribution in [0.3, 0.4) is 0 Å². The van der Waals surface area contributed by atoms with Gasteiger partial charge in [-0.15, -0.1) is 0 Å². The van der Waals surface area contributed by atoms with Crippen molar-refractivity contribution in [1.29, 1.82) is 0 Å². The van der Waals surface area contributed by atoms with Gasteiger partial charge in [0.15, 0.2) is 0 Å². The minimum atomic E-state index is -0.364. The van der Waals surface area contributed by atoms with E-state index in [1.54, 1.807) is 12.1 Å². The van der Waals surface area contributed by atoms with Crippen LogP contribution in [0.5, 0.6) is 0 Å². The van der Waals surface area contributed by atoms with E-state index >= 15 is 0 Å². The Morgan fingerprint density at radius 3 is 2.48 bits per heavy atom. The van der Waals surface area contributed by atoms with Gasteiger partial charge in [0, 0.05) is 17.1 Å². The molecule has 1 heterocycles. The summed E-state index contributed by atoms with van der Waals surface area (Å²) in [5, 5.41) is 3.47. The number of benzene rings is 2. The Balaban J connectivity index is 1.91. The monoisotopic (exact) mass is 334 g/mol. The van der Waals surface area contributed by atoms with Gasteiger partial charge in [-0.25, -0.2) is 0 Å². The summed E-state index contributed by atoms with van der Waals surface area (Å²) in [5.41, 5.74) is 5.21. The van der Waals surface area contributed by atoms with Crippen molar-refractivity contribution in [2.45, 2.75) is 33.7 Å². The minimum Gasteiger partial charge on any atom is -0.360 e. The molecule has 128 valence electrons. The molecule has 0 aliphatic rings. The van der Waals surface area contributed by atoms with Gasteiger partial charge in [-0.3, -0.25) is 9.59 Å². The number of hydrogen-bond donors (Lipinski definition) is 2. The molecule has 0 saturated carbocycles. The number of H-pyrrole nitrogens is 1. The van der Waals surface area contributed by atoms with Gasteiger partial charge in [-0.2, -0.15) is 0 Å². The van der Waals surface area contributed by atoms with Crippen LogP contribution in [0.25, 0.3) is 10.9 Å². The predicted octanol–water partition coefficient (Wildman–Crippen LogP) is 3.94. The molecule has 0 radical (unpaired) electrons. The van der Waals surface area contributed by atoms with E-state index in [1.807, 2.05) is 26.0 Å². The summed E-state index contributed by atoms with van der Waals surface area (Å²) >= 11 is 0. The van der Waals surface area contributed by atoms with E-state index in [0.29, 0.717) is 5.39 Å². The van der Waals surface area contributed by atoms with E-state index in [1.165, 1.54) is 17.3 Å². The maximum Gasteiger partial charge on any atom is 0.257 e. The SMILES string of the molecule is Cc1cc(C)c([C@H](C)NC(=O)c2c[nH]c3ccccc3c2=O)cc1C. The van der Waals surface area contributed by atoms with Crippen molar-refractivity contribution in [2.75, 3.05) is 0 Å². The summed E-state index contributed by atoms with van der Waals surface area (Å²) in [4.78, 5) is 28.2. The zero-order valence-corrected chi connectivity index (χ0v) is 14.9. The number of pyridine rings is 1.